The van der Waals surface area contributed by atoms with Crippen LogP contribution in [0, 0.1) is 0 Å². The molecular formula is C10H19N3O3. The molecule has 16 heavy (non-hydrogen) atoms. The SMILES string of the molecule is CC(C)NC(=O)CNC(=O)N1CCOCC1. The molecular weight excluding hydrogens is 210 g/mol. The van der Waals surface area contributed by atoms with Crippen molar-refractivity contribution in [2.24, 2.45) is 0 Å². The second-order valence-electron chi connectivity index (χ2n) is 3.98. The van der Waals surface area contributed by atoms with Gasteiger partial charge in [-0.05, 0) is 13.8 Å². The van der Waals surface area contributed by atoms with Crippen molar-refractivity contribution in [1.29, 1.82) is 0 Å². The number of nitrogens with one attached hydrogen (secondary N) is 2. The fourth-order valence-electron chi connectivity index (χ4n) is 1.41. The van der Waals surface area contributed by atoms with E-state index in [1.165, 1.54) is 0 Å². The van der Waals surface area contributed by atoms with Gasteiger partial charge in [-0.1, -0.05) is 0 Å². The number of amides is 3. The van der Waals surface area contributed by atoms with E-state index in [1.807, 2.05) is 13.8 Å². The topological polar surface area (TPSA) is 70.7 Å². The maximum atomic E-state index is 11.6. The number of carbonyl (C=O) groups is 2. The number of urea groups is 1. The van der Waals surface area contributed by atoms with E-state index >= 15 is 0 Å². The van der Waals surface area contributed by atoms with Gasteiger partial charge in [0.05, 0.1) is 19.8 Å². The summed E-state index contributed by atoms with van der Waals surface area (Å²) < 4.78 is 5.13. The van der Waals surface area contributed by atoms with Crippen molar-refractivity contribution in [3.63, 3.8) is 0 Å². The van der Waals surface area contributed by atoms with Crippen LogP contribution in [0.5, 0.6) is 0 Å². The van der Waals surface area contributed by atoms with Crippen LogP contribution in [0.4, 0.5) is 4.79 Å². The van der Waals surface area contributed by atoms with Gasteiger partial charge in [0.15, 0.2) is 0 Å². The van der Waals surface area contributed by atoms with Gasteiger partial charge >= 0.3 is 6.03 Å². The summed E-state index contributed by atoms with van der Waals surface area (Å²) in [5.41, 5.74) is 0. The molecule has 6 nitrogen and oxygen atoms in total. The Hall–Kier alpha value is -1.30. The van der Waals surface area contributed by atoms with Crippen LogP contribution >= 0.6 is 0 Å². The summed E-state index contributed by atoms with van der Waals surface area (Å²) in [7, 11) is 0. The van der Waals surface area contributed by atoms with Crippen LogP contribution in [-0.4, -0.2) is 55.7 Å². The maximum absolute atomic E-state index is 11.6. The molecule has 0 bridgehead atoms. The highest BCUT2D eigenvalue weighted by Gasteiger charge is 2.16. The number of carbonyl (C=O) groups excluding carboxylic acids is 2. The Balaban J connectivity index is 2.21. The normalized spacial score (nSPS) is 16.1. The molecule has 1 fully saturated rings. The van der Waals surface area contributed by atoms with E-state index in [1.54, 1.807) is 4.90 Å². The van der Waals surface area contributed by atoms with E-state index < -0.39 is 0 Å². The summed E-state index contributed by atoms with van der Waals surface area (Å²) in [6.07, 6.45) is 0. The standard InChI is InChI=1S/C10H19N3O3/c1-8(2)12-9(14)7-11-10(15)13-3-5-16-6-4-13/h8H,3-7H2,1-2H3,(H,11,15)(H,12,14). The molecule has 1 heterocycles. The summed E-state index contributed by atoms with van der Waals surface area (Å²) in [5, 5.41) is 5.28. The molecule has 0 atom stereocenters. The largest absolute Gasteiger partial charge is 0.378 e. The first-order valence-corrected chi connectivity index (χ1v) is 5.49. The zero-order chi connectivity index (χ0) is 12.0. The monoisotopic (exact) mass is 229 g/mol. The molecule has 0 saturated carbocycles. The molecule has 6 heteroatoms. The Bertz CT molecular complexity index is 250. The lowest BCUT2D eigenvalue weighted by atomic mass is 10.4. The van der Waals surface area contributed by atoms with Gasteiger partial charge in [0.1, 0.15) is 0 Å². The van der Waals surface area contributed by atoms with Gasteiger partial charge < -0.3 is 20.3 Å². The van der Waals surface area contributed by atoms with E-state index in [0.29, 0.717) is 26.3 Å². The molecule has 0 aliphatic carbocycles. The van der Waals surface area contributed by atoms with Crippen LogP contribution in [0.3, 0.4) is 0 Å². The lowest BCUT2D eigenvalue weighted by Crippen LogP contribution is -2.49. The third kappa shape index (κ3) is 4.48. The molecule has 0 radical (unpaired) electrons. The first-order chi connectivity index (χ1) is 7.59. The molecule has 1 saturated heterocycles. The Morgan fingerprint density at radius 3 is 2.50 bits per heavy atom. The molecule has 0 aromatic heterocycles. The van der Waals surface area contributed by atoms with Crippen molar-refractivity contribution >= 4 is 11.9 Å². The number of nitrogens with zero attached hydrogens (tertiary/aromatic N) is 1. The van der Waals surface area contributed by atoms with Crippen molar-refractivity contribution in [1.82, 2.24) is 15.5 Å². The van der Waals surface area contributed by atoms with Crippen LogP contribution in [0.2, 0.25) is 0 Å². The predicted octanol–water partition coefficient (Wildman–Crippen LogP) is -0.447. The summed E-state index contributed by atoms with van der Waals surface area (Å²) in [4.78, 5) is 24.5. The van der Waals surface area contributed by atoms with E-state index in [-0.39, 0.29) is 24.5 Å². The Kier molecular flexibility index (Phi) is 5.04. The summed E-state index contributed by atoms with van der Waals surface area (Å²) in [5.74, 6) is -0.170. The molecule has 0 unspecified atom stereocenters. The minimum absolute atomic E-state index is 0.0222. The van der Waals surface area contributed by atoms with Gasteiger partial charge in [-0.3, -0.25) is 4.79 Å². The van der Waals surface area contributed by atoms with Crippen LogP contribution in [0.1, 0.15) is 13.8 Å². The molecule has 0 aromatic rings. The lowest BCUT2D eigenvalue weighted by molar-refractivity contribution is -0.120. The average molecular weight is 229 g/mol. The van der Waals surface area contributed by atoms with Crippen LogP contribution in [0.15, 0.2) is 0 Å². The van der Waals surface area contributed by atoms with Gasteiger partial charge in [-0.25, -0.2) is 4.79 Å². The molecule has 1 rings (SSSR count). The van der Waals surface area contributed by atoms with Gasteiger partial charge in [0.2, 0.25) is 5.91 Å². The summed E-state index contributed by atoms with van der Waals surface area (Å²) in [6.45, 7) is 6.06. The van der Waals surface area contributed by atoms with Gasteiger partial charge in [0.25, 0.3) is 0 Å². The smallest absolute Gasteiger partial charge is 0.317 e. The van der Waals surface area contributed by atoms with E-state index in [2.05, 4.69) is 10.6 Å². The van der Waals surface area contributed by atoms with Crippen molar-refractivity contribution in [3.8, 4) is 0 Å². The fourth-order valence-corrected chi connectivity index (χ4v) is 1.41. The van der Waals surface area contributed by atoms with Crippen LogP contribution in [0.25, 0.3) is 0 Å². The molecule has 92 valence electrons. The fraction of sp³-hybridized carbons (Fsp3) is 0.800. The maximum Gasteiger partial charge on any atom is 0.317 e. The van der Waals surface area contributed by atoms with Crippen LogP contribution < -0.4 is 10.6 Å². The third-order valence-corrected chi connectivity index (χ3v) is 2.15. The highest BCUT2D eigenvalue weighted by molar-refractivity contribution is 5.84. The molecule has 1 aliphatic rings. The second kappa shape index (κ2) is 6.32. The first kappa shape index (κ1) is 12.8. The second-order valence-corrected chi connectivity index (χ2v) is 3.98. The van der Waals surface area contributed by atoms with Gasteiger partial charge in [0, 0.05) is 19.1 Å². The molecule has 3 amide bonds. The Morgan fingerprint density at radius 2 is 1.94 bits per heavy atom. The molecule has 1 aliphatic heterocycles. The van der Waals surface area contributed by atoms with Gasteiger partial charge in [-0.15, -0.1) is 0 Å². The van der Waals surface area contributed by atoms with E-state index in [4.69, 9.17) is 4.74 Å². The summed E-state index contributed by atoms with van der Waals surface area (Å²) in [6, 6.07) is -0.116. The Morgan fingerprint density at radius 1 is 1.31 bits per heavy atom. The molecule has 2 N–H and O–H groups in total. The average Bonchev–Trinajstić information content (AvgIpc) is 2.26. The quantitative estimate of drug-likeness (QED) is 0.689. The number of ether oxygens (including phenoxy) is 1. The number of rotatable bonds is 3. The zero-order valence-corrected chi connectivity index (χ0v) is 9.78. The summed E-state index contributed by atoms with van der Waals surface area (Å²) >= 11 is 0. The number of hydrogen-bond donors (Lipinski definition) is 2. The van der Waals surface area contributed by atoms with Gasteiger partial charge in [-0.2, -0.15) is 0 Å². The Labute approximate surface area is 95.3 Å². The highest BCUT2D eigenvalue weighted by atomic mass is 16.5. The van der Waals surface area contributed by atoms with Crippen LogP contribution in [-0.2, 0) is 9.53 Å². The predicted molar refractivity (Wildman–Crippen MR) is 59.1 cm³/mol. The lowest BCUT2D eigenvalue weighted by Gasteiger charge is -2.26. The molecule has 0 spiro atoms. The minimum Gasteiger partial charge on any atom is -0.378 e. The number of hydrogen-bond acceptors (Lipinski definition) is 3. The first-order valence-electron chi connectivity index (χ1n) is 5.49. The van der Waals surface area contributed by atoms with E-state index in [9.17, 15) is 9.59 Å². The highest BCUT2D eigenvalue weighted by Crippen LogP contribution is 1.96. The van der Waals surface area contributed by atoms with Crippen molar-refractivity contribution in [2.75, 3.05) is 32.8 Å². The molecule has 0 aromatic carbocycles. The third-order valence-electron chi connectivity index (χ3n) is 2.15. The number of morpholine rings is 1. The minimum atomic E-state index is -0.206. The van der Waals surface area contributed by atoms with Crippen molar-refractivity contribution in [3.05, 3.63) is 0 Å². The zero-order valence-electron chi connectivity index (χ0n) is 9.78. The van der Waals surface area contributed by atoms with Crippen molar-refractivity contribution in [2.45, 2.75) is 19.9 Å². The van der Waals surface area contributed by atoms with E-state index in [0.717, 1.165) is 0 Å². The van der Waals surface area contributed by atoms with Crippen molar-refractivity contribution < 1.29 is 14.3 Å².